The molecule has 0 spiro atoms. The molecule has 2 aliphatic rings. The van der Waals surface area contributed by atoms with Gasteiger partial charge < -0.3 is 16.0 Å². The van der Waals surface area contributed by atoms with Gasteiger partial charge in [-0.3, -0.25) is 4.31 Å². The molecule has 2 rings (SSSR count). The van der Waals surface area contributed by atoms with E-state index in [0.29, 0.717) is 6.54 Å². The molecule has 0 saturated carbocycles. The minimum atomic E-state index is -0.364. The number of primary amides is 1. The first-order valence-electron chi connectivity index (χ1n) is 4.68. The molecular weight excluding hydrogens is 200 g/mol. The minimum Gasteiger partial charge on any atom is -0.363 e. The maximum atomic E-state index is 10.9. The Labute approximate surface area is 87.4 Å². The number of nitrogens with zero attached hydrogens (tertiary/aromatic N) is 2. The van der Waals surface area contributed by atoms with E-state index < -0.39 is 0 Å². The molecule has 1 saturated heterocycles. The number of urea groups is 1. The molecule has 0 aromatic heterocycles. The van der Waals surface area contributed by atoms with E-state index in [-0.39, 0.29) is 6.03 Å². The number of nitrogens with two attached hydrogens (primary N) is 1. The summed E-state index contributed by atoms with van der Waals surface area (Å²) in [5, 5.41) is 4.45. The lowest BCUT2D eigenvalue weighted by atomic mass is 10.4. The molecule has 0 aromatic carbocycles. The van der Waals surface area contributed by atoms with Crippen LogP contribution < -0.4 is 11.1 Å². The van der Waals surface area contributed by atoms with Gasteiger partial charge in [-0.1, -0.05) is 0 Å². The van der Waals surface area contributed by atoms with Crippen molar-refractivity contribution in [3.8, 4) is 0 Å². The second-order valence-electron chi connectivity index (χ2n) is 3.27. The fraction of sp³-hybridized carbons (Fsp3) is 0.625. The predicted octanol–water partition coefficient (Wildman–Crippen LogP) is -0.224. The molecule has 14 heavy (non-hydrogen) atoms. The van der Waals surface area contributed by atoms with Crippen molar-refractivity contribution in [3.63, 3.8) is 0 Å². The normalized spacial score (nSPS) is 22.4. The van der Waals surface area contributed by atoms with Crippen molar-refractivity contribution in [2.75, 3.05) is 32.7 Å². The van der Waals surface area contributed by atoms with Crippen LogP contribution in [0.4, 0.5) is 4.79 Å². The molecule has 0 aliphatic carbocycles. The van der Waals surface area contributed by atoms with Crippen molar-refractivity contribution in [1.29, 1.82) is 0 Å². The zero-order chi connectivity index (χ0) is 9.97. The average Bonchev–Trinajstić information content (AvgIpc) is 2.68. The zero-order valence-corrected chi connectivity index (χ0v) is 8.72. The van der Waals surface area contributed by atoms with Crippen LogP contribution in [-0.2, 0) is 0 Å². The molecule has 3 N–H and O–H groups in total. The minimum absolute atomic E-state index is 0.364. The quantitative estimate of drug-likeness (QED) is 0.592. The molecular formula is C8H14N4OS. The third-order valence-corrected chi connectivity index (χ3v) is 3.47. The lowest BCUT2D eigenvalue weighted by molar-refractivity contribution is 0.237. The molecule has 6 heteroatoms. The summed E-state index contributed by atoms with van der Waals surface area (Å²) >= 11 is 1.44. The Hall–Kier alpha value is -0.880. The van der Waals surface area contributed by atoms with E-state index in [4.69, 9.17) is 5.73 Å². The van der Waals surface area contributed by atoms with Crippen molar-refractivity contribution >= 4 is 18.0 Å². The van der Waals surface area contributed by atoms with E-state index in [1.165, 1.54) is 11.9 Å². The number of carbonyl (C=O) groups is 1. The third kappa shape index (κ3) is 1.96. The molecule has 2 aliphatic heterocycles. The molecule has 1 fully saturated rings. The summed E-state index contributed by atoms with van der Waals surface area (Å²) in [7, 11) is 0. The molecule has 5 nitrogen and oxygen atoms in total. The summed E-state index contributed by atoms with van der Waals surface area (Å²) in [6.07, 6.45) is 2.06. The van der Waals surface area contributed by atoms with E-state index in [0.717, 1.165) is 31.2 Å². The first-order valence-corrected chi connectivity index (χ1v) is 5.45. The maximum Gasteiger partial charge on any atom is 0.325 e. The summed E-state index contributed by atoms with van der Waals surface area (Å²) < 4.78 is 1.57. The van der Waals surface area contributed by atoms with Gasteiger partial charge in [0.25, 0.3) is 0 Å². The number of rotatable bonds is 1. The molecule has 2 amide bonds. The van der Waals surface area contributed by atoms with Crippen LogP contribution >= 0.6 is 11.9 Å². The van der Waals surface area contributed by atoms with Crippen LogP contribution in [0.15, 0.2) is 11.1 Å². The zero-order valence-electron chi connectivity index (χ0n) is 7.90. The van der Waals surface area contributed by atoms with Crippen LogP contribution in [0.25, 0.3) is 0 Å². The molecule has 0 bridgehead atoms. The van der Waals surface area contributed by atoms with E-state index >= 15 is 0 Å². The lowest BCUT2D eigenvalue weighted by Crippen LogP contribution is -2.42. The summed E-state index contributed by atoms with van der Waals surface area (Å²) in [5.41, 5.74) is 5.19. The van der Waals surface area contributed by atoms with Crippen molar-refractivity contribution < 1.29 is 4.79 Å². The molecule has 0 atom stereocenters. The first-order chi connectivity index (χ1) is 6.77. The van der Waals surface area contributed by atoms with Gasteiger partial charge in [-0.25, -0.2) is 4.79 Å². The second-order valence-corrected chi connectivity index (χ2v) is 4.31. The van der Waals surface area contributed by atoms with E-state index in [1.807, 2.05) is 0 Å². The summed E-state index contributed by atoms with van der Waals surface area (Å²) in [5.74, 6) is 0. The largest absolute Gasteiger partial charge is 0.363 e. The van der Waals surface area contributed by atoms with Crippen LogP contribution in [0.5, 0.6) is 0 Å². The highest BCUT2D eigenvalue weighted by Crippen LogP contribution is 2.29. The number of amides is 2. The Morgan fingerprint density at radius 2 is 2.21 bits per heavy atom. The van der Waals surface area contributed by atoms with E-state index in [2.05, 4.69) is 16.3 Å². The van der Waals surface area contributed by atoms with E-state index in [9.17, 15) is 4.79 Å². The van der Waals surface area contributed by atoms with Gasteiger partial charge in [0.2, 0.25) is 0 Å². The predicted molar refractivity (Wildman–Crippen MR) is 56.4 cm³/mol. The second kappa shape index (κ2) is 4.10. The molecule has 0 radical (unpaired) electrons. The van der Waals surface area contributed by atoms with Gasteiger partial charge >= 0.3 is 6.03 Å². The summed E-state index contributed by atoms with van der Waals surface area (Å²) in [4.78, 5) is 13.2. The summed E-state index contributed by atoms with van der Waals surface area (Å²) in [6.45, 7) is 4.65. The fourth-order valence-electron chi connectivity index (χ4n) is 1.56. The smallest absolute Gasteiger partial charge is 0.325 e. The maximum absolute atomic E-state index is 10.9. The van der Waals surface area contributed by atoms with Gasteiger partial charge in [-0.2, -0.15) is 0 Å². The molecule has 0 aromatic rings. The monoisotopic (exact) mass is 214 g/mol. The van der Waals surface area contributed by atoms with Gasteiger partial charge in [0, 0.05) is 38.1 Å². The van der Waals surface area contributed by atoms with Gasteiger partial charge in [0.05, 0.1) is 11.6 Å². The highest BCUT2D eigenvalue weighted by molar-refractivity contribution is 8.01. The molecule has 0 unspecified atom stereocenters. The van der Waals surface area contributed by atoms with Crippen LogP contribution in [0, 0.1) is 0 Å². The Balaban J connectivity index is 1.90. The van der Waals surface area contributed by atoms with Crippen molar-refractivity contribution in [2.45, 2.75) is 0 Å². The highest BCUT2D eigenvalue weighted by Gasteiger charge is 2.23. The number of hydrogen-bond acceptors (Lipinski definition) is 4. The number of piperazine rings is 1. The van der Waals surface area contributed by atoms with Crippen molar-refractivity contribution in [3.05, 3.63) is 11.1 Å². The fourth-order valence-corrected chi connectivity index (χ4v) is 2.47. The van der Waals surface area contributed by atoms with Crippen LogP contribution in [0.2, 0.25) is 0 Å². The standard InChI is InChI=1S/C8H14N4OS/c9-8(13)12-4-1-7(14-12)11-5-2-10-3-6-11/h1,10H,2-6H2,(H2,9,13). The Kier molecular flexibility index (Phi) is 2.83. The van der Waals surface area contributed by atoms with Crippen molar-refractivity contribution in [2.24, 2.45) is 5.73 Å². The lowest BCUT2D eigenvalue weighted by Gasteiger charge is -2.29. The van der Waals surface area contributed by atoms with Crippen LogP contribution in [-0.4, -0.2) is 48.0 Å². The SMILES string of the molecule is NC(=O)N1CC=C(N2CCNCC2)S1. The van der Waals surface area contributed by atoms with E-state index in [1.54, 1.807) is 4.31 Å². The van der Waals surface area contributed by atoms with Crippen LogP contribution in [0.1, 0.15) is 0 Å². The number of nitrogens with one attached hydrogen (secondary N) is 1. The van der Waals surface area contributed by atoms with Crippen molar-refractivity contribution in [1.82, 2.24) is 14.5 Å². The Morgan fingerprint density at radius 1 is 1.50 bits per heavy atom. The molecule has 78 valence electrons. The topological polar surface area (TPSA) is 61.6 Å². The first kappa shape index (κ1) is 9.67. The van der Waals surface area contributed by atoms with Gasteiger partial charge in [-0.05, 0) is 6.08 Å². The Morgan fingerprint density at radius 3 is 2.79 bits per heavy atom. The number of hydrogen-bond donors (Lipinski definition) is 2. The van der Waals surface area contributed by atoms with Gasteiger partial charge in [-0.15, -0.1) is 0 Å². The number of carbonyl (C=O) groups excluding carboxylic acids is 1. The third-order valence-electron chi connectivity index (χ3n) is 2.31. The average molecular weight is 214 g/mol. The Bertz CT molecular complexity index is 262. The van der Waals surface area contributed by atoms with Gasteiger partial charge in [0.15, 0.2) is 0 Å². The summed E-state index contributed by atoms with van der Waals surface area (Å²) in [6, 6.07) is -0.364. The highest BCUT2D eigenvalue weighted by atomic mass is 32.2. The van der Waals surface area contributed by atoms with Crippen LogP contribution in [0.3, 0.4) is 0 Å². The molecule has 2 heterocycles. The van der Waals surface area contributed by atoms with Gasteiger partial charge in [0.1, 0.15) is 0 Å².